The number of hydrazine groups is 1. The minimum absolute atomic E-state index is 0.0502. The van der Waals surface area contributed by atoms with E-state index in [1.165, 1.54) is 32.1 Å². The van der Waals surface area contributed by atoms with Gasteiger partial charge in [-0.25, -0.2) is 5.43 Å². The molecule has 2 N–H and O–H groups in total. The number of nitrogens with one attached hydrogen (secondary N) is 2. The van der Waals surface area contributed by atoms with E-state index in [9.17, 15) is 4.79 Å². The van der Waals surface area contributed by atoms with Gasteiger partial charge in [0, 0.05) is 44.8 Å². The number of carbonyl (C=O) groups is 1. The molecule has 3 aliphatic rings. The summed E-state index contributed by atoms with van der Waals surface area (Å²) in [7, 11) is 0. The molecular weight excluding hydrogens is 344 g/mol. The van der Waals surface area contributed by atoms with Crippen LogP contribution in [0.1, 0.15) is 39.0 Å². The Balaban J connectivity index is 1.50. The summed E-state index contributed by atoms with van der Waals surface area (Å²) < 4.78 is 0. The van der Waals surface area contributed by atoms with Crippen molar-refractivity contribution in [2.75, 3.05) is 32.7 Å². The molecule has 5 nitrogen and oxygen atoms in total. The molecule has 3 fully saturated rings. The molecular formula is C16H29BrN4O. The lowest BCUT2D eigenvalue weighted by molar-refractivity contribution is -0.124. The fraction of sp³-hybridized carbons (Fsp3) is 0.938. The molecule has 126 valence electrons. The van der Waals surface area contributed by atoms with E-state index in [0.29, 0.717) is 0 Å². The van der Waals surface area contributed by atoms with Crippen molar-refractivity contribution in [3.05, 3.63) is 0 Å². The third-order valence-corrected chi connectivity index (χ3v) is 6.86. The third kappa shape index (κ3) is 3.66. The molecule has 2 saturated heterocycles. The van der Waals surface area contributed by atoms with Crippen LogP contribution in [-0.4, -0.2) is 65.3 Å². The standard InChI is InChI=1S/C16H29BrN4O/c1-12(13-5-3-2-4-6-13)20-7-9-21(10-8-20)14-11-18-19-16(22)15(14)17/h12-15,18H,2-11H2,1H3,(H,19,22). The zero-order valence-corrected chi connectivity index (χ0v) is 15.1. The van der Waals surface area contributed by atoms with Crippen LogP contribution in [0, 0.1) is 5.92 Å². The van der Waals surface area contributed by atoms with Gasteiger partial charge in [-0.15, -0.1) is 0 Å². The minimum atomic E-state index is -0.101. The molecule has 0 aromatic rings. The number of alkyl halides is 1. The lowest BCUT2D eigenvalue weighted by Gasteiger charge is -2.45. The van der Waals surface area contributed by atoms with Gasteiger partial charge in [0.05, 0.1) is 0 Å². The van der Waals surface area contributed by atoms with Gasteiger partial charge in [-0.05, 0) is 25.7 Å². The fourth-order valence-corrected chi connectivity index (χ4v) is 4.93. The molecule has 1 saturated carbocycles. The molecule has 0 aromatic carbocycles. The molecule has 3 atom stereocenters. The van der Waals surface area contributed by atoms with Crippen molar-refractivity contribution in [3.8, 4) is 0 Å². The molecule has 6 heteroatoms. The Bertz CT molecular complexity index is 380. The van der Waals surface area contributed by atoms with Crippen LogP contribution in [0.3, 0.4) is 0 Å². The van der Waals surface area contributed by atoms with E-state index in [1.54, 1.807) is 0 Å². The molecule has 22 heavy (non-hydrogen) atoms. The Labute approximate surface area is 142 Å². The SMILES string of the molecule is CC(C1CCCCC1)N1CCN(C2CNNC(=O)C2Br)CC1. The summed E-state index contributed by atoms with van der Waals surface area (Å²) in [5, 5.41) is 0. The average Bonchev–Trinajstić information content (AvgIpc) is 2.58. The van der Waals surface area contributed by atoms with Gasteiger partial charge in [0.2, 0.25) is 5.91 Å². The van der Waals surface area contributed by atoms with Gasteiger partial charge in [-0.3, -0.25) is 20.0 Å². The number of piperazine rings is 1. The van der Waals surface area contributed by atoms with E-state index in [-0.39, 0.29) is 16.8 Å². The van der Waals surface area contributed by atoms with Crippen LogP contribution in [0.2, 0.25) is 0 Å². The summed E-state index contributed by atoms with van der Waals surface area (Å²) in [5.41, 5.74) is 5.71. The van der Waals surface area contributed by atoms with Crippen LogP contribution in [0.4, 0.5) is 0 Å². The Kier molecular flexibility index (Phi) is 5.76. The molecule has 3 unspecified atom stereocenters. The second-order valence-electron chi connectivity index (χ2n) is 7.05. The zero-order valence-electron chi connectivity index (χ0n) is 13.6. The van der Waals surface area contributed by atoms with Crippen LogP contribution in [0.5, 0.6) is 0 Å². The molecule has 0 spiro atoms. The summed E-state index contributed by atoms with van der Waals surface area (Å²) in [6.07, 6.45) is 7.10. The monoisotopic (exact) mass is 372 g/mol. The molecule has 0 radical (unpaired) electrons. The normalized spacial score (nSPS) is 34.4. The van der Waals surface area contributed by atoms with Crippen molar-refractivity contribution in [2.45, 2.75) is 55.9 Å². The summed E-state index contributed by atoms with van der Waals surface area (Å²) in [4.78, 5) is 16.8. The molecule has 3 rings (SSSR count). The van der Waals surface area contributed by atoms with Crippen LogP contribution in [0.25, 0.3) is 0 Å². The van der Waals surface area contributed by atoms with Crippen molar-refractivity contribution in [3.63, 3.8) is 0 Å². The first-order chi connectivity index (χ1) is 10.7. The van der Waals surface area contributed by atoms with E-state index in [4.69, 9.17) is 0 Å². The molecule has 1 aliphatic carbocycles. The third-order valence-electron chi connectivity index (χ3n) is 5.84. The fourth-order valence-electron chi connectivity index (χ4n) is 4.30. The Morgan fingerprint density at radius 2 is 1.82 bits per heavy atom. The van der Waals surface area contributed by atoms with Crippen molar-refractivity contribution in [1.82, 2.24) is 20.7 Å². The van der Waals surface area contributed by atoms with E-state index >= 15 is 0 Å². The van der Waals surface area contributed by atoms with E-state index in [0.717, 1.165) is 44.7 Å². The second-order valence-corrected chi connectivity index (χ2v) is 8.04. The zero-order chi connectivity index (χ0) is 15.5. The summed E-state index contributed by atoms with van der Waals surface area (Å²) in [5.74, 6) is 0.945. The van der Waals surface area contributed by atoms with Gasteiger partial charge in [0.25, 0.3) is 0 Å². The van der Waals surface area contributed by atoms with Gasteiger partial charge in [-0.2, -0.15) is 0 Å². The van der Waals surface area contributed by atoms with Crippen molar-refractivity contribution >= 4 is 21.8 Å². The number of hydrogen-bond acceptors (Lipinski definition) is 4. The first-order valence-corrected chi connectivity index (χ1v) is 9.73. The topological polar surface area (TPSA) is 47.6 Å². The second kappa shape index (κ2) is 7.60. The molecule has 2 aliphatic heterocycles. The van der Waals surface area contributed by atoms with Crippen LogP contribution in [0.15, 0.2) is 0 Å². The summed E-state index contributed by atoms with van der Waals surface area (Å²) in [6, 6.07) is 0.982. The van der Waals surface area contributed by atoms with Gasteiger partial charge in [-0.1, -0.05) is 35.2 Å². The maximum absolute atomic E-state index is 11.8. The predicted molar refractivity (Wildman–Crippen MR) is 91.8 cm³/mol. The van der Waals surface area contributed by atoms with E-state index < -0.39 is 0 Å². The predicted octanol–water partition coefficient (Wildman–Crippen LogP) is 1.34. The van der Waals surface area contributed by atoms with Crippen LogP contribution in [-0.2, 0) is 4.79 Å². The maximum atomic E-state index is 11.8. The first kappa shape index (κ1) is 16.7. The number of carbonyl (C=O) groups excluding carboxylic acids is 1. The highest BCUT2D eigenvalue weighted by Crippen LogP contribution is 2.29. The van der Waals surface area contributed by atoms with Gasteiger partial charge in [0.1, 0.15) is 4.83 Å². The average molecular weight is 373 g/mol. The Morgan fingerprint density at radius 3 is 2.50 bits per heavy atom. The quantitative estimate of drug-likeness (QED) is 0.733. The van der Waals surface area contributed by atoms with E-state index in [2.05, 4.69) is 43.5 Å². The number of amides is 1. The highest BCUT2D eigenvalue weighted by Gasteiger charge is 2.36. The highest BCUT2D eigenvalue weighted by atomic mass is 79.9. The minimum Gasteiger partial charge on any atom is -0.298 e. The van der Waals surface area contributed by atoms with Crippen LogP contribution < -0.4 is 10.9 Å². The lowest BCUT2D eigenvalue weighted by Crippen LogP contribution is -2.64. The number of hydrogen-bond donors (Lipinski definition) is 2. The molecule has 1 amide bonds. The molecule has 0 bridgehead atoms. The Hall–Kier alpha value is -0.170. The summed E-state index contributed by atoms with van der Waals surface area (Å²) in [6.45, 7) is 7.65. The Morgan fingerprint density at radius 1 is 1.14 bits per heavy atom. The molecule has 0 aromatic heterocycles. The van der Waals surface area contributed by atoms with Crippen LogP contribution >= 0.6 is 15.9 Å². The number of halogens is 1. The first-order valence-electron chi connectivity index (χ1n) is 8.81. The van der Waals surface area contributed by atoms with E-state index in [1.807, 2.05) is 0 Å². The van der Waals surface area contributed by atoms with Crippen molar-refractivity contribution in [2.24, 2.45) is 5.92 Å². The van der Waals surface area contributed by atoms with Crippen molar-refractivity contribution in [1.29, 1.82) is 0 Å². The molecule has 2 heterocycles. The van der Waals surface area contributed by atoms with Gasteiger partial charge < -0.3 is 0 Å². The number of nitrogens with zero attached hydrogens (tertiary/aromatic N) is 2. The lowest BCUT2D eigenvalue weighted by atomic mass is 9.84. The maximum Gasteiger partial charge on any atom is 0.249 e. The summed E-state index contributed by atoms with van der Waals surface area (Å²) >= 11 is 3.55. The van der Waals surface area contributed by atoms with Gasteiger partial charge in [0.15, 0.2) is 0 Å². The van der Waals surface area contributed by atoms with Gasteiger partial charge >= 0.3 is 0 Å². The highest BCUT2D eigenvalue weighted by molar-refractivity contribution is 9.10. The number of rotatable bonds is 3. The van der Waals surface area contributed by atoms with Crippen molar-refractivity contribution < 1.29 is 4.79 Å². The smallest absolute Gasteiger partial charge is 0.249 e. The largest absolute Gasteiger partial charge is 0.298 e.